The van der Waals surface area contributed by atoms with Crippen molar-refractivity contribution in [1.82, 2.24) is 4.90 Å². The number of carbonyl (C=O) groups excluding carboxylic acids is 1. The topological polar surface area (TPSA) is 20.3 Å². The first kappa shape index (κ1) is 20.5. The zero-order valence-corrected chi connectivity index (χ0v) is 15.3. The van der Waals surface area contributed by atoms with Crippen LogP contribution in [0.5, 0.6) is 0 Å². The maximum absolute atomic E-state index is 12.7. The number of hydrogen-bond acceptors (Lipinski definition) is 1. The van der Waals surface area contributed by atoms with E-state index in [1.54, 1.807) is 0 Å². The summed E-state index contributed by atoms with van der Waals surface area (Å²) in [6.45, 7) is 11.1. The first-order valence-corrected chi connectivity index (χ1v) is 9.47. The second-order valence-corrected chi connectivity index (χ2v) is 6.34. The standard InChI is InChI=1S/C19H39NO/c1-6-11-15-18(16-12-7-2)20(19(21)14-9-4)17(10-5)13-8-3/h17-18H,6-16H2,1-5H3. The highest BCUT2D eigenvalue weighted by Crippen LogP contribution is 2.23. The van der Waals surface area contributed by atoms with Gasteiger partial charge in [0.2, 0.25) is 5.91 Å². The summed E-state index contributed by atoms with van der Waals surface area (Å²) in [7, 11) is 0. The Bertz CT molecular complexity index is 244. The molecule has 0 aliphatic rings. The maximum atomic E-state index is 12.7. The normalized spacial score (nSPS) is 12.7. The van der Waals surface area contributed by atoms with Gasteiger partial charge in [-0.25, -0.2) is 0 Å². The molecule has 2 nitrogen and oxygen atoms in total. The largest absolute Gasteiger partial charge is 0.337 e. The first-order chi connectivity index (χ1) is 10.2. The molecule has 0 saturated heterocycles. The van der Waals surface area contributed by atoms with E-state index in [1.807, 2.05) is 0 Å². The van der Waals surface area contributed by atoms with Gasteiger partial charge >= 0.3 is 0 Å². The lowest BCUT2D eigenvalue weighted by atomic mass is 9.96. The molecule has 0 aromatic heterocycles. The number of amides is 1. The van der Waals surface area contributed by atoms with Crippen LogP contribution in [-0.2, 0) is 4.79 Å². The third-order valence-corrected chi connectivity index (χ3v) is 4.41. The number of unbranched alkanes of at least 4 members (excludes halogenated alkanes) is 2. The fourth-order valence-corrected chi connectivity index (χ4v) is 3.22. The van der Waals surface area contributed by atoms with Gasteiger partial charge < -0.3 is 4.90 Å². The molecule has 21 heavy (non-hydrogen) atoms. The summed E-state index contributed by atoms with van der Waals surface area (Å²) >= 11 is 0. The molecule has 0 N–H and O–H groups in total. The van der Waals surface area contributed by atoms with Gasteiger partial charge in [-0.05, 0) is 32.1 Å². The molecule has 0 rings (SSSR count). The van der Waals surface area contributed by atoms with Crippen LogP contribution in [0.1, 0.15) is 105 Å². The van der Waals surface area contributed by atoms with Crippen molar-refractivity contribution in [2.24, 2.45) is 0 Å². The third kappa shape index (κ3) is 7.87. The lowest BCUT2D eigenvalue weighted by Gasteiger charge is -2.38. The molecule has 0 bridgehead atoms. The molecule has 0 aliphatic carbocycles. The van der Waals surface area contributed by atoms with Crippen molar-refractivity contribution < 1.29 is 4.79 Å². The van der Waals surface area contributed by atoms with Crippen molar-refractivity contribution in [3.8, 4) is 0 Å². The van der Waals surface area contributed by atoms with Gasteiger partial charge in [0.1, 0.15) is 0 Å². The average molecular weight is 298 g/mol. The zero-order valence-electron chi connectivity index (χ0n) is 15.3. The molecular formula is C19H39NO. The lowest BCUT2D eigenvalue weighted by molar-refractivity contribution is -0.137. The predicted molar refractivity (Wildman–Crippen MR) is 93.6 cm³/mol. The highest BCUT2D eigenvalue weighted by molar-refractivity contribution is 5.76. The summed E-state index contributed by atoms with van der Waals surface area (Å²) in [5, 5.41) is 0. The van der Waals surface area contributed by atoms with E-state index in [1.165, 1.54) is 44.9 Å². The Morgan fingerprint density at radius 2 is 1.33 bits per heavy atom. The van der Waals surface area contributed by atoms with Crippen LogP contribution in [0.4, 0.5) is 0 Å². The molecule has 0 aromatic rings. The maximum Gasteiger partial charge on any atom is 0.223 e. The first-order valence-electron chi connectivity index (χ1n) is 9.47. The molecule has 0 aliphatic heterocycles. The molecule has 0 fully saturated rings. The fourth-order valence-electron chi connectivity index (χ4n) is 3.22. The summed E-state index contributed by atoms with van der Waals surface area (Å²) in [4.78, 5) is 15.0. The van der Waals surface area contributed by atoms with E-state index >= 15 is 0 Å². The Morgan fingerprint density at radius 1 is 0.762 bits per heavy atom. The highest BCUT2D eigenvalue weighted by Gasteiger charge is 2.28. The smallest absolute Gasteiger partial charge is 0.223 e. The summed E-state index contributed by atoms with van der Waals surface area (Å²) < 4.78 is 0. The van der Waals surface area contributed by atoms with E-state index in [4.69, 9.17) is 0 Å². The van der Waals surface area contributed by atoms with E-state index in [-0.39, 0.29) is 0 Å². The minimum atomic E-state index is 0.398. The molecule has 0 saturated carbocycles. The molecule has 0 radical (unpaired) electrons. The average Bonchev–Trinajstić information content (AvgIpc) is 2.48. The summed E-state index contributed by atoms with van der Waals surface area (Å²) in [6.07, 6.45) is 12.4. The van der Waals surface area contributed by atoms with Gasteiger partial charge in [-0.2, -0.15) is 0 Å². The second kappa shape index (κ2) is 13.2. The van der Waals surface area contributed by atoms with Crippen LogP contribution in [-0.4, -0.2) is 22.9 Å². The van der Waals surface area contributed by atoms with Crippen molar-refractivity contribution >= 4 is 5.91 Å². The van der Waals surface area contributed by atoms with E-state index in [0.29, 0.717) is 18.0 Å². The summed E-state index contributed by atoms with van der Waals surface area (Å²) in [5.41, 5.74) is 0. The van der Waals surface area contributed by atoms with Crippen molar-refractivity contribution in [3.63, 3.8) is 0 Å². The summed E-state index contributed by atoms with van der Waals surface area (Å²) in [6, 6.07) is 0.924. The third-order valence-electron chi connectivity index (χ3n) is 4.41. The van der Waals surface area contributed by atoms with Gasteiger partial charge in [0.05, 0.1) is 0 Å². The molecule has 1 amide bonds. The molecular weight excluding hydrogens is 258 g/mol. The minimum Gasteiger partial charge on any atom is -0.337 e. The summed E-state index contributed by atoms with van der Waals surface area (Å²) in [5.74, 6) is 0.398. The monoisotopic (exact) mass is 297 g/mol. The number of hydrogen-bond donors (Lipinski definition) is 0. The van der Waals surface area contributed by atoms with Crippen LogP contribution in [0.15, 0.2) is 0 Å². The van der Waals surface area contributed by atoms with Crippen LogP contribution in [0.3, 0.4) is 0 Å². The second-order valence-electron chi connectivity index (χ2n) is 6.34. The molecule has 0 spiro atoms. The van der Waals surface area contributed by atoms with Gasteiger partial charge in [0, 0.05) is 18.5 Å². The molecule has 0 heterocycles. The van der Waals surface area contributed by atoms with Crippen molar-refractivity contribution in [2.45, 2.75) is 117 Å². The van der Waals surface area contributed by atoms with Gasteiger partial charge in [-0.3, -0.25) is 4.79 Å². The van der Waals surface area contributed by atoms with Crippen LogP contribution < -0.4 is 0 Å². The highest BCUT2D eigenvalue weighted by atomic mass is 16.2. The van der Waals surface area contributed by atoms with Crippen molar-refractivity contribution in [1.29, 1.82) is 0 Å². The molecule has 0 aromatic carbocycles. The minimum absolute atomic E-state index is 0.398. The van der Waals surface area contributed by atoms with Crippen LogP contribution in [0.25, 0.3) is 0 Å². The van der Waals surface area contributed by atoms with E-state index in [9.17, 15) is 4.79 Å². The lowest BCUT2D eigenvalue weighted by Crippen LogP contribution is -2.47. The number of nitrogens with zero attached hydrogens (tertiary/aromatic N) is 1. The predicted octanol–water partition coefficient (Wildman–Crippen LogP) is 5.94. The van der Waals surface area contributed by atoms with Gasteiger partial charge in [0.25, 0.3) is 0 Å². The Balaban J connectivity index is 5.08. The van der Waals surface area contributed by atoms with Gasteiger partial charge in [-0.15, -0.1) is 0 Å². The Morgan fingerprint density at radius 3 is 1.71 bits per heavy atom. The van der Waals surface area contributed by atoms with Crippen LogP contribution in [0.2, 0.25) is 0 Å². The van der Waals surface area contributed by atoms with Gasteiger partial charge in [0.15, 0.2) is 0 Å². The van der Waals surface area contributed by atoms with Crippen molar-refractivity contribution in [2.75, 3.05) is 0 Å². The quantitative estimate of drug-likeness (QED) is 0.412. The van der Waals surface area contributed by atoms with Crippen LogP contribution in [0, 0.1) is 0 Å². The molecule has 126 valence electrons. The number of carbonyl (C=O) groups is 1. The Labute approximate surface area is 133 Å². The van der Waals surface area contributed by atoms with Crippen molar-refractivity contribution in [3.05, 3.63) is 0 Å². The molecule has 1 atom stereocenters. The van der Waals surface area contributed by atoms with E-state index in [2.05, 4.69) is 39.5 Å². The molecule has 2 heteroatoms. The van der Waals surface area contributed by atoms with Gasteiger partial charge in [-0.1, -0.05) is 66.7 Å². The van der Waals surface area contributed by atoms with Crippen LogP contribution >= 0.6 is 0 Å². The molecule has 1 unspecified atom stereocenters. The Kier molecular flexibility index (Phi) is 12.8. The van der Waals surface area contributed by atoms with E-state index < -0.39 is 0 Å². The fraction of sp³-hybridized carbons (Fsp3) is 0.947. The number of rotatable bonds is 13. The van der Waals surface area contributed by atoms with E-state index in [0.717, 1.165) is 25.7 Å². The Hall–Kier alpha value is -0.530. The zero-order chi connectivity index (χ0) is 16.1. The SMILES string of the molecule is CCCCC(CCCC)N(C(=O)CCC)C(CC)CCC.